The van der Waals surface area contributed by atoms with Crippen LogP contribution in [0.5, 0.6) is 0 Å². The molecule has 0 radical (unpaired) electrons. The Morgan fingerprint density at radius 3 is 2.58 bits per heavy atom. The van der Waals surface area contributed by atoms with Crippen LogP contribution >= 0.6 is 0 Å². The van der Waals surface area contributed by atoms with Crippen molar-refractivity contribution < 1.29 is 28.8 Å². The first kappa shape index (κ1) is 13.0. The van der Waals surface area contributed by atoms with Gasteiger partial charge in [0.15, 0.2) is 18.8 Å². The highest BCUT2D eigenvalue weighted by molar-refractivity contribution is 5.16. The Labute approximate surface area is 109 Å². The fourth-order valence-corrected chi connectivity index (χ4v) is 2.35. The molecular formula is C13H15FO5. The molecule has 3 rings (SSSR count). The molecule has 0 saturated carbocycles. The third-order valence-corrected chi connectivity index (χ3v) is 3.38. The number of hydrogen-bond donors (Lipinski definition) is 2. The van der Waals surface area contributed by atoms with Gasteiger partial charge in [-0.2, -0.15) is 0 Å². The van der Waals surface area contributed by atoms with E-state index >= 15 is 0 Å². The fourth-order valence-electron chi connectivity index (χ4n) is 2.35. The number of aliphatic hydroxyl groups excluding tert-OH is 2. The van der Waals surface area contributed by atoms with Crippen molar-refractivity contribution in [1.82, 2.24) is 0 Å². The second kappa shape index (κ2) is 5.15. The Kier molecular flexibility index (Phi) is 3.51. The zero-order valence-electron chi connectivity index (χ0n) is 10.1. The maximum Gasteiger partial charge on any atom is 0.189 e. The van der Waals surface area contributed by atoms with Crippen LogP contribution < -0.4 is 0 Å². The van der Waals surface area contributed by atoms with Crippen LogP contribution in [0.4, 0.5) is 4.39 Å². The van der Waals surface area contributed by atoms with Gasteiger partial charge in [0, 0.05) is 5.56 Å². The van der Waals surface area contributed by atoms with Crippen molar-refractivity contribution in [2.75, 3.05) is 6.61 Å². The standard InChI is InChI=1S/C13H15FO5/c14-9-10(15)11-8(18-12(9)16)6-17-13(19-11)7-4-2-1-3-5-7/h1-5,8-13,15-16H,6H2/t8-,9-,10-,11-,12?,13-/m1/s1. The van der Waals surface area contributed by atoms with E-state index in [1.165, 1.54) is 0 Å². The van der Waals surface area contributed by atoms with Crippen molar-refractivity contribution in [2.24, 2.45) is 0 Å². The smallest absolute Gasteiger partial charge is 0.189 e. The van der Waals surface area contributed by atoms with Gasteiger partial charge in [-0.1, -0.05) is 30.3 Å². The van der Waals surface area contributed by atoms with E-state index in [1.54, 1.807) is 0 Å². The molecule has 2 N–H and O–H groups in total. The molecule has 1 aromatic rings. The van der Waals surface area contributed by atoms with E-state index in [0.717, 1.165) is 5.56 Å². The minimum Gasteiger partial charge on any atom is -0.387 e. The van der Waals surface area contributed by atoms with E-state index in [1.807, 2.05) is 30.3 Å². The van der Waals surface area contributed by atoms with Gasteiger partial charge in [-0.25, -0.2) is 4.39 Å². The summed E-state index contributed by atoms with van der Waals surface area (Å²) in [6.07, 6.45) is -7.13. The first-order chi connectivity index (χ1) is 9.16. The molecule has 6 heteroatoms. The second-order valence-electron chi connectivity index (χ2n) is 4.68. The van der Waals surface area contributed by atoms with Crippen molar-refractivity contribution in [3.05, 3.63) is 35.9 Å². The minimum atomic E-state index is -1.88. The van der Waals surface area contributed by atoms with Gasteiger partial charge in [0.2, 0.25) is 0 Å². The SMILES string of the molecule is OC1O[C@@H]2CO[C@@H](c3ccccc3)O[C@H]2[C@H](O)[C@H]1F. The summed E-state index contributed by atoms with van der Waals surface area (Å²) in [5.41, 5.74) is 0.787. The van der Waals surface area contributed by atoms with Crippen molar-refractivity contribution in [3.63, 3.8) is 0 Å². The number of alkyl halides is 1. The average Bonchev–Trinajstić information content (AvgIpc) is 2.46. The van der Waals surface area contributed by atoms with E-state index in [2.05, 4.69) is 0 Å². The van der Waals surface area contributed by atoms with Crippen molar-refractivity contribution >= 4 is 0 Å². The van der Waals surface area contributed by atoms with Crippen molar-refractivity contribution in [2.45, 2.75) is 37.1 Å². The second-order valence-corrected chi connectivity index (χ2v) is 4.68. The van der Waals surface area contributed by atoms with Gasteiger partial charge in [-0.3, -0.25) is 0 Å². The van der Waals surface area contributed by atoms with Crippen LogP contribution in [0.25, 0.3) is 0 Å². The number of rotatable bonds is 1. The molecule has 2 fully saturated rings. The van der Waals surface area contributed by atoms with Crippen LogP contribution in [0.3, 0.4) is 0 Å². The lowest BCUT2D eigenvalue weighted by molar-refractivity contribution is -0.346. The molecule has 19 heavy (non-hydrogen) atoms. The van der Waals surface area contributed by atoms with Crippen LogP contribution in [-0.4, -0.2) is 47.6 Å². The number of ether oxygens (including phenoxy) is 3. The van der Waals surface area contributed by atoms with E-state index in [4.69, 9.17) is 14.2 Å². The Bertz CT molecular complexity index is 426. The van der Waals surface area contributed by atoms with Crippen molar-refractivity contribution in [1.29, 1.82) is 0 Å². The Hall–Kier alpha value is -1.05. The average molecular weight is 270 g/mol. The molecule has 0 aromatic heterocycles. The summed E-state index contributed by atoms with van der Waals surface area (Å²) in [6.45, 7) is 0.130. The van der Waals surface area contributed by atoms with Gasteiger partial charge in [-0.05, 0) is 0 Å². The minimum absolute atomic E-state index is 0.130. The third-order valence-electron chi connectivity index (χ3n) is 3.38. The first-order valence-electron chi connectivity index (χ1n) is 6.14. The lowest BCUT2D eigenvalue weighted by Gasteiger charge is -2.44. The molecule has 6 atom stereocenters. The molecule has 0 aliphatic carbocycles. The van der Waals surface area contributed by atoms with E-state index < -0.39 is 37.1 Å². The molecule has 2 aliphatic rings. The van der Waals surface area contributed by atoms with E-state index in [9.17, 15) is 14.6 Å². The zero-order chi connectivity index (χ0) is 13.4. The Balaban J connectivity index is 1.75. The summed E-state index contributed by atoms with van der Waals surface area (Å²) in [5, 5.41) is 19.1. The monoisotopic (exact) mass is 270 g/mol. The van der Waals surface area contributed by atoms with Gasteiger partial charge in [0.05, 0.1) is 6.61 Å². The molecule has 2 heterocycles. The maximum absolute atomic E-state index is 13.5. The molecule has 0 amide bonds. The molecule has 0 bridgehead atoms. The topological polar surface area (TPSA) is 68.2 Å². The van der Waals surface area contributed by atoms with Gasteiger partial charge in [-0.15, -0.1) is 0 Å². The highest BCUT2D eigenvalue weighted by Gasteiger charge is 2.49. The quantitative estimate of drug-likeness (QED) is 0.778. The highest BCUT2D eigenvalue weighted by atomic mass is 19.1. The maximum atomic E-state index is 13.5. The normalized spacial score (nSPS) is 42.7. The number of aliphatic hydroxyl groups is 2. The van der Waals surface area contributed by atoms with Gasteiger partial charge in [0.1, 0.15) is 18.3 Å². The summed E-state index contributed by atoms with van der Waals surface area (Å²) in [5.74, 6) is 0. The van der Waals surface area contributed by atoms with E-state index in [-0.39, 0.29) is 6.61 Å². The van der Waals surface area contributed by atoms with Gasteiger partial charge >= 0.3 is 0 Å². The molecule has 2 aliphatic heterocycles. The van der Waals surface area contributed by atoms with Crippen LogP contribution in [0.15, 0.2) is 30.3 Å². The molecule has 1 aromatic carbocycles. The van der Waals surface area contributed by atoms with Crippen LogP contribution in [0, 0.1) is 0 Å². The predicted molar refractivity (Wildman–Crippen MR) is 61.8 cm³/mol. The van der Waals surface area contributed by atoms with Gasteiger partial charge in [0.25, 0.3) is 0 Å². The highest BCUT2D eigenvalue weighted by Crippen LogP contribution is 2.34. The number of hydrogen-bond acceptors (Lipinski definition) is 5. The molecule has 1 unspecified atom stereocenters. The summed E-state index contributed by atoms with van der Waals surface area (Å²) in [7, 11) is 0. The van der Waals surface area contributed by atoms with Gasteiger partial charge < -0.3 is 24.4 Å². The molecular weight excluding hydrogens is 255 g/mol. The summed E-state index contributed by atoms with van der Waals surface area (Å²) in [6, 6.07) is 9.18. The van der Waals surface area contributed by atoms with Crippen LogP contribution in [-0.2, 0) is 14.2 Å². The summed E-state index contributed by atoms with van der Waals surface area (Å²) < 4.78 is 29.6. The van der Waals surface area contributed by atoms with E-state index in [0.29, 0.717) is 0 Å². The number of halogens is 1. The molecule has 104 valence electrons. The van der Waals surface area contributed by atoms with Crippen LogP contribution in [0.2, 0.25) is 0 Å². The van der Waals surface area contributed by atoms with Crippen molar-refractivity contribution in [3.8, 4) is 0 Å². The summed E-state index contributed by atoms with van der Waals surface area (Å²) >= 11 is 0. The Morgan fingerprint density at radius 1 is 1.11 bits per heavy atom. The first-order valence-corrected chi connectivity index (χ1v) is 6.14. The largest absolute Gasteiger partial charge is 0.387 e. The lowest BCUT2D eigenvalue weighted by Crippen LogP contribution is -2.60. The lowest BCUT2D eigenvalue weighted by atomic mass is 9.99. The predicted octanol–water partition coefficient (Wildman–Crippen LogP) is 0.517. The molecule has 5 nitrogen and oxygen atoms in total. The molecule has 2 saturated heterocycles. The number of benzene rings is 1. The van der Waals surface area contributed by atoms with Crippen LogP contribution in [0.1, 0.15) is 11.9 Å². The number of fused-ring (bicyclic) bond motifs is 1. The fraction of sp³-hybridized carbons (Fsp3) is 0.538. The third kappa shape index (κ3) is 2.37. The summed E-state index contributed by atoms with van der Waals surface area (Å²) in [4.78, 5) is 0. The zero-order valence-corrected chi connectivity index (χ0v) is 10.1. The molecule has 0 spiro atoms. The Morgan fingerprint density at radius 2 is 1.84 bits per heavy atom.